The highest BCUT2D eigenvalue weighted by atomic mass is 16.5. The number of fused-ring (bicyclic) bond motifs is 1. The Bertz CT molecular complexity index is 1050. The molecular formula is C24H25N3O3. The van der Waals surface area contributed by atoms with Gasteiger partial charge in [0.15, 0.2) is 0 Å². The Morgan fingerprint density at radius 1 is 1.10 bits per heavy atom. The molecule has 6 nitrogen and oxygen atoms in total. The first kappa shape index (κ1) is 19.8. The second-order valence-electron chi connectivity index (χ2n) is 8.11. The van der Waals surface area contributed by atoms with Crippen LogP contribution in [0.2, 0.25) is 0 Å². The fraction of sp³-hybridized carbons (Fsp3) is 0.250. The molecule has 0 radical (unpaired) electrons. The summed E-state index contributed by atoms with van der Waals surface area (Å²) in [7, 11) is 1.59. The number of pyridine rings is 1. The number of rotatable bonds is 5. The van der Waals surface area contributed by atoms with Crippen LogP contribution in [-0.2, 0) is 12.0 Å². The molecule has 0 atom stereocenters. The molecule has 154 valence electrons. The number of anilines is 3. The normalized spacial score (nSPS) is 14.3. The van der Waals surface area contributed by atoms with E-state index in [1.807, 2.05) is 30.3 Å². The summed E-state index contributed by atoms with van der Waals surface area (Å²) in [5.41, 5.74) is 4.60. The molecule has 30 heavy (non-hydrogen) atoms. The molecule has 0 unspecified atom stereocenters. The molecule has 6 heteroatoms. The van der Waals surface area contributed by atoms with Gasteiger partial charge in [-0.3, -0.25) is 4.98 Å². The van der Waals surface area contributed by atoms with Gasteiger partial charge in [-0.2, -0.15) is 0 Å². The molecule has 4 rings (SSSR count). The van der Waals surface area contributed by atoms with E-state index in [0.717, 1.165) is 24.3 Å². The lowest BCUT2D eigenvalue weighted by molar-refractivity contribution is 0.205. The van der Waals surface area contributed by atoms with Crippen LogP contribution in [-0.4, -0.2) is 29.8 Å². The third-order valence-electron chi connectivity index (χ3n) is 5.54. The zero-order chi connectivity index (χ0) is 21.3. The average Bonchev–Trinajstić information content (AvgIpc) is 2.99. The maximum Gasteiger partial charge on any atom is 0.416 e. The number of ether oxygens (including phenoxy) is 1. The number of benzene rings is 2. The number of nitrogens with zero attached hydrogens (tertiary/aromatic N) is 3. The molecule has 0 spiro atoms. The minimum atomic E-state index is -1.02. The number of carbonyl (C=O) groups is 1. The van der Waals surface area contributed by atoms with E-state index in [0.29, 0.717) is 17.1 Å². The predicted molar refractivity (Wildman–Crippen MR) is 118 cm³/mol. The molecule has 0 saturated heterocycles. The fourth-order valence-electron chi connectivity index (χ4n) is 4.08. The van der Waals surface area contributed by atoms with Crippen molar-refractivity contribution in [2.45, 2.75) is 25.8 Å². The molecule has 3 aromatic rings. The Morgan fingerprint density at radius 3 is 2.40 bits per heavy atom. The monoisotopic (exact) mass is 403 g/mol. The highest BCUT2D eigenvalue weighted by Crippen LogP contribution is 2.43. The van der Waals surface area contributed by atoms with Crippen LogP contribution in [0.4, 0.5) is 21.9 Å². The summed E-state index contributed by atoms with van der Waals surface area (Å²) in [4.78, 5) is 19.8. The molecule has 0 saturated carbocycles. The summed E-state index contributed by atoms with van der Waals surface area (Å²) >= 11 is 0. The van der Waals surface area contributed by atoms with Gasteiger partial charge in [-0.05, 0) is 65.7 Å². The Morgan fingerprint density at radius 2 is 1.77 bits per heavy atom. The van der Waals surface area contributed by atoms with E-state index in [1.54, 1.807) is 43.8 Å². The van der Waals surface area contributed by atoms with Crippen molar-refractivity contribution in [3.8, 4) is 5.75 Å². The lowest BCUT2D eigenvalue weighted by Crippen LogP contribution is -2.28. The quantitative estimate of drug-likeness (QED) is 0.634. The number of hydrogen-bond acceptors (Lipinski definition) is 4. The third kappa shape index (κ3) is 3.68. The van der Waals surface area contributed by atoms with Crippen molar-refractivity contribution in [3.63, 3.8) is 0 Å². The van der Waals surface area contributed by atoms with Crippen LogP contribution in [0.5, 0.6) is 5.75 Å². The van der Waals surface area contributed by atoms with E-state index < -0.39 is 6.09 Å². The summed E-state index contributed by atoms with van der Waals surface area (Å²) in [5.74, 6) is 0.686. The molecule has 1 aliphatic rings. The van der Waals surface area contributed by atoms with Crippen molar-refractivity contribution >= 4 is 23.2 Å². The van der Waals surface area contributed by atoms with E-state index in [-0.39, 0.29) is 5.41 Å². The van der Waals surface area contributed by atoms with Gasteiger partial charge in [-0.1, -0.05) is 13.8 Å². The summed E-state index contributed by atoms with van der Waals surface area (Å²) in [6.45, 7) is 6.05. The average molecular weight is 403 g/mol. The van der Waals surface area contributed by atoms with Crippen molar-refractivity contribution in [3.05, 3.63) is 78.1 Å². The summed E-state index contributed by atoms with van der Waals surface area (Å²) < 4.78 is 5.19. The number of amides is 1. The van der Waals surface area contributed by atoms with Crippen LogP contribution in [0.3, 0.4) is 0 Å². The second-order valence-corrected chi connectivity index (χ2v) is 8.11. The molecule has 1 amide bonds. The van der Waals surface area contributed by atoms with Gasteiger partial charge >= 0.3 is 6.09 Å². The van der Waals surface area contributed by atoms with Gasteiger partial charge in [0.05, 0.1) is 18.5 Å². The van der Waals surface area contributed by atoms with E-state index in [4.69, 9.17) is 4.74 Å². The molecule has 1 N–H and O–H groups in total. The smallest absolute Gasteiger partial charge is 0.416 e. The lowest BCUT2D eigenvalue weighted by atomic mass is 9.86. The van der Waals surface area contributed by atoms with Crippen LogP contribution in [0.15, 0.2) is 67.0 Å². The van der Waals surface area contributed by atoms with E-state index in [2.05, 4.69) is 23.7 Å². The van der Waals surface area contributed by atoms with Gasteiger partial charge in [-0.25, -0.2) is 9.69 Å². The van der Waals surface area contributed by atoms with Crippen molar-refractivity contribution in [2.75, 3.05) is 23.5 Å². The number of hydrogen-bond donors (Lipinski definition) is 1. The second kappa shape index (κ2) is 7.71. The van der Waals surface area contributed by atoms with Gasteiger partial charge in [0.1, 0.15) is 5.75 Å². The van der Waals surface area contributed by atoms with Crippen LogP contribution in [0.1, 0.15) is 25.0 Å². The summed E-state index contributed by atoms with van der Waals surface area (Å²) in [6.07, 6.45) is 2.59. The highest BCUT2D eigenvalue weighted by Gasteiger charge is 2.36. The van der Waals surface area contributed by atoms with Crippen LogP contribution < -0.4 is 14.5 Å². The minimum absolute atomic E-state index is 0.0948. The number of aromatic nitrogens is 1. The lowest BCUT2D eigenvalue weighted by Gasteiger charge is -2.23. The van der Waals surface area contributed by atoms with Crippen LogP contribution >= 0.6 is 0 Å². The zero-order valence-corrected chi connectivity index (χ0v) is 17.4. The summed E-state index contributed by atoms with van der Waals surface area (Å²) in [6, 6.07) is 17.0. The van der Waals surface area contributed by atoms with Gasteiger partial charge in [0.25, 0.3) is 0 Å². The summed E-state index contributed by atoms with van der Waals surface area (Å²) in [5, 5.41) is 9.91. The first-order chi connectivity index (χ1) is 14.4. The predicted octanol–water partition coefficient (Wildman–Crippen LogP) is 5.20. The first-order valence-electron chi connectivity index (χ1n) is 9.84. The molecule has 1 aromatic heterocycles. The molecule has 2 aromatic carbocycles. The van der Waals surface area contributed by atoms with E-state index in [9.17, 15) is 9.90 Å². The van der Waals surface area contributed by atoms with Crippen LogP contribution in [0, 0.1) is 0 Å². The topological polar surface area (TPSA) is 65.9 Å². The Hall–Kier alpha value is -3.54. The zero-order valence-electron chi connectivity index (χ0n) is 17.4. The molecule has 0 fully saturated rings. The first-order valence-corrected chi connectivity index (χ1v) is 9.84. The molecule has 2 heterocycles. The van der Waals surface area contributed by atoms with E-state index in [1.165, 1.54) is 10.5 Å². The third-order valence-corrected chi connectivity index (χ3v) is 5.54. The molecule has 1 aliphatic heterocycles. The van der Waals surface area contributed by atoms with Crippen molar-refractivity contribution in [1.29, 1.82) is 0 Å². The molecule has 0 aliphatic carbocycles. The maximum atomic E-state index is 12.1. The Balaban J connectivity index is 1.70. The molecular weight excluding hydrogens is 378 g/mol. The minimum Gasteiger partial charge on any atom is -0.497 e. The fourth-order valence-corrected chi connectivity index (χ4v) is 4.08. The SMILES string of the molecule is COc1ccc(N(C(=O)O)c2ccc3c(c2)C(C)(C)CN3Cc2ccncc2)cc1. The van der Waals surface area contributed by atoms with Gasteiger partial charge in [0.2, 0.25) is 0 Å². The number of methoxy groups -OCH3 is 1. The van der Waals surface area contributed by atoms with Crippen LogP contribution in [0.25, 0.3) is 0 Å². The Labute approximate surface area is 176 Å². The maximum absolute atomic E-state index is 12.1. The van der Waals surface area contributed by atoms with Crippen molar-refractivity contribution in [1.82, 2.24) is 4.98 Å². The van der Waals surface area contributed by atoms with E-state index >= 15 is 0 Å². The molecule has 0 bridgehead atoms. The van der Waals surface area contributed by atoms with Gasteiger partial charge < -0.3 is 14.7 Å². The van der Waals surface area contributed by atoms with Crippen molar-refractivity contribution in [2.24, 2.45) is 0 Å². The number of carboxylic acid groups (broad SMARTS) is 1. The standard InChI is InChI=1S/C24H25N3O3/c1-24(2)16-26(15-17-10-12-25-13-11-17)22-9-6-19(14-21(22)24)27(23(28)29)18-4-7-20(30-3)8-5-18/h4-14H,15-16H2,1-3H3,(H,28,29). The van der Waals surface area contributed by atoms with Crippen molar-refractivity contribution < 1.29 is 14.6 Å². The van der Waals surface area contributed by atoms with Gasteiger partial charge in [0, 0.05) is 36.6 Å². The Kier molecular flexibility index (Phi) is 5.08. The highest BCUT2D eigenvalue weighted by molar-refractivity contribution is 5.95. The van der Waals surface area contributed by atoms with Gasteiger partial charge in [-0.15, -0.1) is 0 Å². The largest absolute Gasteiger partial charge is 0.497 e.